The SMILES string of the molecule is CCOC(=O)C(NC(C)=O)C1(S)CC[NH+](C)CC1. The molecule has 1 fully saturated rings. The molecular formula is C12H23N2O3S+. The fourth-order valence-electron chi connectivity index (χ4n) is 2.24. The summed E-state index contributed by atoms with van der Waals surface area (Å²) < 4.78 is 4.54. The number of quaternary nitrogens is 1. The van der Waals surface area contributed by atoms with Gasteiger partial charge in [0.2, 0.25) is 5.91 Å². The molecule has 0 radical (unpaired) electrons. The van der Waals surface area contributed by atoms with Crippen LogP contribution in [-0.4, -0.2) is 49.4 Å². The summed E-state index contributed by atoms with van der Waals surface area (Å²) >= 11 is 4.66. The third-order valence-corrected chi connectivity index (χ3v) is 4.08. The molecular weight excluding hydrogens is 252 g/mol. The van der Waals surface area contributed by atoms with Crippen LogP contribution in [0.3, 0.4) is 0 Å². The van der Waals surface area contributed by atoms with Crippen molar-refractivity contribution in [2.45, 2.75) is 37.5 Å². The Kier molecular flexibility index (Phi) is 5.47. The van der Waals surface area contributed by atoms with Gasteiger partial charge in [0.1, 0.15) is 6.04 Å². The summed E-state index contributed by atoms with van der Waals surface area (Å²) in [5, 5.41) is 2.69. The zero-order valence-corrected chi connectivity index (χ0v) is 12.2. The molecule has 1 aliphatic rings. The van der Waals surface area contributed by atoms with Crippen molar-refractivity contribution in [2.24, 2.45) is 0 Å². The molecule has 0 aromatic heterocycles. The van der Waals surface area contributed by atoms with Crippen LogP contribution in [0.4, 0.5) is 0 Å². The Hall–Kier alpha value is -0.750. The molecule has 1 saturated heterocycles. The molecule has 0 aromatic carbocycles. The van der Waals surface area contributed by atoms with Crippen LogP contribution in [-0.2, 0) is 14.3 Å². The van der Waals surface area contributed by atoms with E-state index in [-0.39, 0.29) is 11.9 Å². The number of carbonyl (C=O) groups is 2. The van der Waals surface area contributed by atoms with E-state index in [4.69, 9.17) is 4.74 Å². The summed E-state index contributed by atoms with van der Waals surface area (Å²) in [5.41, 5.74) is 0. The van der Waals surface area contributed by atoms with Crippen molar-refractivity contribution in [2.75, 3.05) is 26.7 Å². The molecule has 18 heavy (non-hydrogen) atoms. The quantitative estimate of drug-likeness (QED) is 0.457. The first kappa shape index (κ1) is 15.3. The highest BCUT2D eigenvalue weighted by molar-refractivity contribution is 7.82. The van der Waals surface area contributed by atoms with Gasteiger partial charge in [-0.1, -0.05) is 0 Å². The van der Waals surface area contributed by atoms with Gasteiger partial charge in [-0.2, -0.15) is 12.6 Å². The van der Waals surface area contributed by atoms with E-state index >= 15 is 0 Å². The van der Waals surface area contributed by atoms with Gasteiger partial charge in [0, 0.05) is 19.8 Å². The number of hydrogen-bond donors (Lipinski definition) is 3. The Morgan fingerprint density at radius 2 is 2.00 bits per heavy atom. The van der Waals surface area contributed by atoms with Crippen molar-refractivity contribution in [3.05, 3.63) is 0 Å². The Bertz CT molecular complexity index is 314. The lowest BCUT2D eigenvalue weighted by Gasteiger charge is -2.39. The summed E-state index contributed by atoms with van der Waals surface area (Å²) in [4.78, 5) is 24.6. The molecule has 1 aliphatic heterocycles. The third kappa shape index (κ3) is 3.88. The predicted octanol–water partition coefficient (Wildman–Crippen LogP) is -0.969. The van der Waals surface area contributed by atoms with Crippen LogP contribution in [0.5, 0.6) is 0 Å². The van der Waals surface area contributed by atoms with Gasteiger partial charge in [0.15, 0.2) is 0 Å². The number of likely N-dealkylation sites (tertiary alicyclic amines) is 1. The van der Waals surface area contributed by atoms with Crippen LogP contribution < -0.4 is 10.2 Å². The molecule has 1 unspecified atom stereocenters. The van der Waals surface area contributed by atoms with Crippen LogP contribution in [0.15, 0.2) is 0 Å². The number of carbonyl (C=O) groups excluding carboxylic acids is 2. The summed E-state index contributed by atoms with van der Waals surface area (Å²) in [6.45, 7) is 5.36. The standard InChI is InChI=1S/C12H22N2O3S/c1-4-17-11(16)10(13-9(2)15)12(18)5-7-14(3)8-6-12/h10,18H,4-8H2,1-3H3,(H,13,15)/p+1. The summed E-state index contributed by atoms with van der Waals surface area (Å²) in [6.07, 6.45) is 1.57. The highest BCUT2D eigenvalue weighted by Crippen LogP contribution is 2.29. The van der Waals surface area contributed by atoms with E-state index in [1.807, 2.05) is 0 Å². The van der Waals surface area contributed by atoms with Gasteiger partial charge < -0.3 is 15.0 Å². The van der Waals surface area contributed by atoms with E-state index in [1.54, 1.807) is 6.92 Å². The van der Waals surface area contributed by atoms with Crippen molar-refractivity contribution in [1.29, 1.82) is 0 Å². The van der Waals surface area contributed by atoms with Gasteiger partial charge in [-0.05, 0) is 6.92 Å². The molecule has 0 bridgehead atoms. The van der Waals surface area contributed by atoms with Crippen molar-refractivity contribution in [1.82, 2.24) is 5.32 Å². The second kappa shape index (κ2) is 6.43. The van der Waals surface area contributed by atoms with Crippen molar-refractivity contribution in [3.63, 3.8) is 0 Å². The van der Waals surface area contributed by atoms with E-state index in [0.29, 0.717) is 6.61 Å². The number of piperidine rings is 1. The average Bonchev–Trinajstić information content (AvgIpc) is 2.30. The minimum atomic E-state index is -0.661. The lowest BCUT2D eigenvalue weighted by atomic mass is 9.88. The summed E-state index contributed by atoms with van der Waals surface area (Å²) in [5.74, 6) is -0.616. The topological polar surface area (TPSA) is 59.8 Å². The summed E-state index contributed by atoms with van der Waals surface area (Å²) in [7, 11) is 2.12. The highest BCUT2D eigenvalue weighted by Gasteiger charge is 2.44. The zero-order valence-electron chi connectivity index (χ0n) is 11.3. The molecule has 1 atom stereocenters. The van der Waals surface area contributed by atoms with Crippen molar-refractivity contribution >= 4 is 24.5 Å². The molecule has 1 rings (SSSR count). The second-order valence-electron chi connectivity index (χ2n) is 4.95. The Labute approximate surface area is 114 Å². The first-order chi connectivity index (χ1) is 8.39. The van der Waals surface area contributed by atoms with Crippen LogP contribution in [0.25, 0.3) is 0 Å². The molecule has 0 saturated carbocycles. The lowest BCUT2D eigenvalue weighted by Crippen LogP contribution is -3.10. The van der Waals surface area contributed by atoms with Gasteiger partial charge in [-0.15, -0.1) is 0 Å². The molecule has 0 aliphatic carbocycles. The predicted molar refractivity (Wildman–Crippen MR) is 71.8 cm³/mol. The molecule has 2 N–H and O–H groups in total. The first-order valence-electron chi connectivity index (χ1n) is 6.36. The number of esters is 1. The third-order valence-electron chi connectivity index (χ3n) is 3.38. The van der Waals surface area contributed by atoms with Crippen LogP contribution >= 0.6 is 12.6 Å². The van der Waals surface area contributed by atoms with Gasteiger partial charge in [0.05, 0.1) is 31.5 Å². The number of hydrogen-bond acceptors (Lipinski definition) is 4. The monoisotopic (exact) mass is 275 g/mol. The maximum absolute atomic E-state index is 12.0. The van der Waals surface area contributed by atoms with Crippen LogP contribution in [0.1, 0.15) is 26.7 Å². The average molecular weight is 275 g/mol. The van der Waals surface area contributed by atoms with Gasteiger partial charge in [0.25, 0.3) is 0 Å². The minimum Gasteiger partial charge on any atom is -0.464 e. The molecule has 5 nitrogen and oxygen atoms in total. The minimum absolute atomic E-state index is 0.229. The largest absolute Gasteiger partial charge is 0.464 e. The van der Waals surface area contributed by atoms with E-state index in [2.05, 4.69) is 25.0 Å². The zero-order chi connectivity index (χ0) is 13.8. The van der Waals surface area contributed by atoms with Gasteiger partial charge >= 0.3 is 5.97 Å². The maximum Gasteiger partial charge on any atom is 0.330 e. The number of rotatable bonds is 4. The number of thiol groups is 1. The molecule has 1 amide bonds. The fraction of sp³-hybridized carbons (Fsp3) is 0.833. The van der Waals surface area contributed by atoms with Gasteiger partial charge in [-0.25, -0.2) is 4.79 Å². The number of ether oxygens (including phenoxy) is 1. The Morgan fingerprint density at radius 1 is 1.44 bits per heavy atom. The highest BCUT2D eigenvalue weighted by atomic mass is 32.1. The molecule has 0 spiro atoms. The normalized spacial score (nSPS) is 29.4. The Morgan fingerprint density at radius 3 is 2.44 bits per heavy atom. The lowest BCUT2D eigenvalue weighted by molar-refractivity contribution is -0.885. The van der Waals surface area contributed by atoms with E-state index in [9.17, 15) is 9.59 Å². The maximum atomic E-state index is 12.0. The van der Waals surface area contributed by atoms with E-state index < -0.39 is 10.8 Å². The van der Waals surface area contributed by atoms with Crippen molar-refractivity contribution in [3.8, 4) is 0 Å². The second-order valence-corrected chi connectivity index (χ2v) is 5.84. The van der Waals surface area contributed by atoms with Gasteiger partial charge in [-0.3, -0.25) is 4.79 Å². The van der Waals surface area contributed by atoms with Crippen LogP contribution in [0, 0.1) is 0 Å². The summed E-state index contributed by atoms with van der Waals surface area (Å²) in [6, 6.07) is -0.661. The van der Waals surface area contributed by atoms with E-state index in [1.165, 1.54) is 11.8 Å². The molecule has 6 heteroatoms. The number of amides is 1. The smallest absolute Gasteiger partial charge is 0.330 e. The fourth-order valence-corrected chi connectivity index (χ4v) is 2.63. The molecule has 1 heterocycles. The molecule has 0 aromatic rings. The van der Waals surface area contributed by atoms with E-state index in [0.717, 1.165) is 25.9 Å². The van der Waals surface area contributed by atoms with Crippen LogP contribution in [0.2, 0.25) is 0 Å². The van der Waals surface area contributed by atoms with Crippen molar-refractivity contribution < 1.29 is 19.2 Å². The molecule has 104 valence electrons. The number of nitrogens with one attached hydrogen (secondary N) is 2. The first-order valence-corrected chi connectivity index (χ1v) is 6.81. The Balaban J connectivity index is 2.80.